The van der Waals surface area contributed by atoms with Gasteiger partial charge in [-0.3, -0.25) is 9.59 Å². The lowest BCUT2D eigenvalue weighted by atomic mass is 9.81. The summed E-state index contributed by atoms with van der Waals surface area (Å²) in [5.41, 5.74) is 1.11. The van der Waals surface area contributed by atoms with Gasteiger partial charge in [0.05, 0.1) is 28.1 Å². The number of hydrogen-bond acceptors (Lipinski definition) is 5. The summed E-state index contributed by atoms with van der Waals surface area (Å²) in [6.45, 7) is 0.808. The van der Waals surface area contributed by atoms with E-state index >= 15 is 0 Å². The SMILES string of the molecule is COC(=O)C(Cc1ccc(NC(=O)c2c(Cl)cccc2Cl)cc1)NC(=O)C1(CCN(C)C)CCCC1. The zero-order valence-corrected chi connectivity index (χ0v) is 22.4. The molecule has 1 aliphatic rings. The van der Waals surface area contributed by atoms with E-state index in [0.29, 0.717) is 5.69 Å². The van der Waals surface area contributed by atoms with Gasteiger partial charge in [0.2, 0.25) is 5.91 Å². The lowest BCUT2D eigenvalue weighted by Gasteiger charge is -2.31. The molecule has 7 nitrogen and oxygen atoms in total. The van der Waals surface area contributed by atoms with Gasteiger partial charge in [0.1, 0.15) is 6.04 Å². The summed E-state index contributed by atoms with van der Waals surface area (Å²) in [5, 5.41) is 6.28. The van der Waals surface area contributed by atoms with Crippen molar-refractivity contribution in [3.05, 3.63) is 63.6 Å². The first-order valence-electron chi connectivity index (χ1n) is 12.0. The summed E-state index contributed by atoms with van der Waals surface area (Å²) in [6.07, 6.45) is 4.69. The number of esters is 1. The number of benzene rings is 2. The third-order valence-electron chi connectivity index (χ3n) is 6.71. The molecule has 1 saturated carbocycles. The summed E-state index contributed by atoms with van der Waals surface area (Å²) >= 11 is 12.2. The van der Waals surface area contributed by atoms with Gasteiger partial charge >= 0.3 is 5.97 Å². The van der Waals surface area contributed by atoms with E-state index in [9.17, 15) is 14.4 Å². The maximum atomic E-state index is 13.4. The third kappa shape index (κ3) is 6.99. The predicted octanol–water partition coefficient (Wildman–Crippen LogP) is 4.96. The molecule has 2 aromatic carbocycles. The Morgan fingerprint density at radius 1 is 1.03 bits per heavy atom. The van der Waals surface area contributed by atoms with Gasteiger partial charge in [-0.1, -0.05) is 54.2 Å². The molecule has 2 aromatic rings. The average Bonchev–Trinajstić information content (AvgIpc) is 3.33. The molecule has 36 heavy (non-hydrogen) atoms. The smallest absolute Gasteiger partial charge is 0.328 e. The van der Waals surface area contributed by atoms with Gasteiger partial charge in [-0.25, -0.2) is 4.79 Å². The van der Waals surface area contributed by atoms with Crippen LogP contribution in [0.25, 0.3) is 0 Å². The minimum absolute atomic E-state index is 0.0854. The highest BCUT2D eigenvalue weighted by Crippen LogP contribution is 2.41. The van der Waals surface area contributed by atoms with Crippen molar-refractivity contribution in [3.63, 3.8) is 0 Å². The van der Waals surface area contributed by atoms with E-state index in [1.807, 2.05) is 14.1 Å². The Hall–Kier alpha value is -2.61. The Labute approximate surface area is 222 Å². The van der Waals surface area contributed by atoms with Crippen molar-refractivity contribution in [1.82, 2.24) is 10.2 Å². The Kier molecular flexibility index (Phi) is 9.77. The van der Waals surface area contributed by atoms with Crippen molar-refractivity contribution in [2.45, 2.75) is 44.6 Å². The number of hydrogen-bond donors (Lipinski definition) is 2. The van der Waals surface area contributed by atoms with Gasteiger partial charge in [0, 0.05) is 12.1 Å². The average molecular weight is 534 g/mol. The van der Waals surface area contributed by atoms with Crippen LogP contribution in [0.15, 0.2) is 42.5 Å². The quantitative estimate of drug-likeness (QED) is 0.421. The molecule has 0 spiro atoms. The number of rotatable bonds is 10. The van der Waals surface area contributed by atoms with Gasteiger partial charge in [-0.05, 0) is 69.7 Å². The summed E-state index contributed by atoms with van der Waals surface area (Å²) < 4.78 is 4.98. The molecule has 0 heterocycles. The van der Waals surface area contributed by atoms with Gasteiger partial charge in [-0.15, -0.1) is 0 Å². The number of methoxy groups -OCH3 is 1. The molecule has 0 bridgehead atoms. The number of ether oxygens (including phenoxy) is 1. The first-order chi connectivity index (χ1) is 17.1. The fourth-order valence-electron chi connectivity index (χ4n) is 4.60. The van der Waals surface area contributed by atoms with E-state index in [1.165, 1.54) is 7.11 Å². The van der Waals surface area contributed by atoms with Crippen LogP contribution in [0.5, 0.6) is 0 Å². The van der Waals surface area contributed by atoms with Crippen LogP contribution in [-0.2, 0) is 20.7 Å². The fourth-order valence-corrected chi connectivity index (χ4v) is 5.16. The molecule has 0 aromatic heterocycles. The molecule has 3 rings (SSSR count). The maximum absolute atomic E-state index is 13.4. The molecule has 1 fully saturated rings. The molecule has 1 atom stereocenters. The standard InChI is InChI=1S/C27H33Cl2N3O4/c1-32(2)16-15-27(13-4-5-14-27)26(35)31-22(25(34)36-3)17-18-9-11-19(12-10-18)30-24(33)23-20(28)7-6-8-21(23)29/h6-12,22H,4-5,13-17H2,1-3H3,(H,30,33)(H,31,35). The number of halogens is 2. The van der Waals surface area contributed by atoms with Crippen LogP contribution in [-0.4, -0.2) is 56.5 Å². The van der Waals surface area contributed by atoms with E-state index in [4.69, 9.17) is 27.9 Å². The second kappa shape index (κ2) is 12.6. The highest BCUT2D eigenvalue weighted by atomic mass is 35.5. The van der Waals surface area contributed by atoms with Gasteiger partial charge < -0.3 is 20.3 Å². The largest absolute Gasteiger partial charge is 0.467 e. The van der Waals surface area contributed by atoms with E-state index in [-0.39, 0.29) is 27.9 Å². The van der Waals surface area contributed by atoms with Crippen LogP contribution in [0.4, 0.5) is 5.69 Å². The molecule has 0 saturated heterocycles. The number of amides is 2. The van der Waals surface area contributed by atoms with Crippen molar-refractivity contribution in [2.24, 2.45) is 5.41 Å². The molecule has 9 heteroatoms. The zero-order valence-electron chi connectivity index (χ0n) is 20.9. The first-order valence-corrected chi connectivity index (χ1v) is 12.8. The van der Waals surface area contributed by atoms with Crippen LogP contribution in [0.2, 0.25) is 10.0 Å². The Morgan fingerprint density at radius 2 is 1.64 bits per heavy atom. The van der Waals surface area contributed by atoms with Gasteiger partial charge in [-0.2, -0.15) is 0 Å². The summed E-state index contributed by atoms with van der Waals surface area (Å²) in [7, 11) is 5.30. The molecule has 0 aliphatic heterocycles. The van der Waals surface area contributed by atoms with E-state index in [2.05, 4.69) is 15.5 Å². The van der Waals surface area contributed by atoms with Crippen LogP contribution >= 0.6 is 23.2 Å². The summed E-state index contributed by atoms with van der Waals surface area (Å²) in [4.78, 5) is 40.6. The molecular formula is C27H33Cl2N3O4. The number of anilines is 1. The zero-order chi connectivity index (χ0) is 26.3. The monoisotopic (exact) mass is 533 g/mol. The van der Waals surface area contributed by atoms with Crippen LogP contribution < -0.4 is 10.6 Å². The molecule has 194 valence electrons. The minimum Gasteiger partial charge on any atom is -0.467 e. The second-order valence-electron chi connectivity index (χ2n) is 9.54. The Morgan fingerprint density at radius 3 is 2.19 bits per heavy atom. The Bertz CT molecular complexity index is 1060. The molecule has 1 unspecified atom stereocenters. The van der Waals surface area contributed by atoms with E-state index in [1.54, 1.807) is 42.5 Å². The highest BCUT2D eigenvalue weighted by molar-refractivity contribution is 6.40. The molecule has 2 amide bonds. The molecule has 1 aliphatic carbocycles. The van der Waals surface area contributed by atoms with Crippen molar-refractivity contribution in [1.29, 1.82) is 0 Å². The fraction of sp³-hybridized carbons (Fsp3) is 0.444. The van der Waals surface area contributed by atoms with Crippen molar-refractivity contribution in [2.75, 3.05) is 33.1 Å². The normalized spacial score (nSPS) is 15.4. The highest BCUT2D eigenvalue weighted by Gasteiger charge is 2.42. The van der Waals surface area contributed by atoms with Crippen molar-refractivity contribution in [3.8, 4) is 0 Å². The summed E-state index contributed by atoms with van der Waals surface area (Å²) in [5.74, 6) is -0.995. The molecular weight excluding hydrogens is 501 g/mol. The minimum atomic E-state index is -0.804. The second-order valence-corrected chi connectivity index (χ2v) is 10.4. The third-order valence-corrected chi connectivity index (χ3v) is 7.34. The van der Waals surface area contributed by atoms with E-state index < -0.39 is 23.3 Å². The Balaban J connectivity index is 1.69. The predicted molar refractivity (Wildman–Crippen MR) is 143 cm³/mol. The summed E-state index contributed by atoms with van der Waals surface area (Å²) in [6, 6.07) is 11.1. The lowest BCUT2D eigenvalue weighted by molar-refractivity contribution is -0.146. The number of nitrogens with one attached hydrogen (secondary N) is 2. The van der Waals surface area contributed by atoms with Crippen LogP contribution in [0.3, 0.4) is 0 Å². The van der Waals surface area contributed by atoms with Gasteiger partial charge in [0.25, 0.3) is 5.91 Å². The van der Waals surface area contributed by atoms with Gasteiger partial charge in [0.15, 0.2) is 0 Å². The number of nitrogens with zero attached hydrogens (tertiary/aromatic N) is 1. The van der Waals surface area contributed by atoms with Crippen molar-refractivity contribution >= 4 is 46.7 Å². The van der Waals surface area contributed by atoms with E-state index in [0.717, 1.165) is 44.2 Å². The first kappa shape index (κ1) is 28.0. The van der Waals surface area contributed by atoms with Crippen LogP contribution in [0.1, 0.15) is 48.0 Å². The number of carbonyl (C=O) groups is 3. The molecule has 2 N–H and O–H groups in total. The van der Waals surface area contributed by atoms with Crippen LogP contribution in [0, 0.1) is 5.41 Å². The number of carbonyl (C=O) groups excluding carboxylic acids is 3. The lowest BCUT2D eigenvalue weighted by Crippen LogP contribution is -2.49. The topological polar surface area (TPSA) is 87.7 Å². The van der Waals surface area contributed by atoms with Crippen molar-refractivity contribution < 1.29 is 19.1 Å². The molecule has 0 radical (unpaired) electrons. The maximum Gasteiger partial charge on any atom is 0.328 e.